The summed E-state index contributed by atoms with van der Waals surface area (Å²) in [7, 11) is 0. The average molecular weight is 503 g/mol. The molecule has 0 aliphatic carbocycles. The Kier molecular flexibility index (Phi) is 7.02. The molecule has 1 aromatic heterocycles. The van der Waals surface area contributed by atoms with E-state index in [9.17, 15) is 9.90 Å². The molecule has 3 heterocycles. The SMILES string of the molecule is O=C(O)C(c1cc2ccccc2o1)N1CCC(N2CCC(Oc3ccc(Cl)c(Cl)c3)CC2)CC1. The summed E-state index contributed by atoms with van der Waals surface area (Å²) in [5.41, 5.74) is 0.726. The maximum atomic E-state index is 12.1. The number of carboxylic acids is 1. The minimum Gasteiger partial charge on any atom is -0.490 e. The number of halogens is 2. The second-order valence-corrected chi connectivity index (χ2v) is 9.94. The highest BCUT2D eigenvalue weighted by atomic mass is 35.5. The van der Waals surface area contributed by atoms with Crippen molar-refractivity contribution in [3.8, 4) is 5.75 Å². The molecule has 6 nitrogen and oxygen atoms in total. The Morgan fingerprint density at radius 2 is 1.71 bits per heavy atom. The lowest BCUT2D eigenvalue weighted by Crippen LogP contribution is -2.50. The standard InChI is InChI=1S/C26H28Cl2N2O4/c27-21-6-5-20(16-22(21)28)33-19-9-13-29(14-10-19)18-7-11-30(12-8-18)25(26(31)32)24-15-17-3-1-2-4-23(17)34-24/h1-6,15-16,18-19,25H,7-14H2,(H,31,32). The molecule has 2 aliphatic heterocycles. The molecule has 2 aromatic carbocycles. The van der Waals surface area contributed by atoms with Crippen molar-refractivity contribution < 1.29 is 19.1 Å². The zero-order valence-corrected chi connectivity index (χ0v) is 20.3. The summed E-state index contributed by atoms with van der Waals surface area (Å²) >= 11 is 12.1. The van der Waals surface area contributed by atoms with Crippen LogP contribution in [0.3, 0.4) is 0 Å². The molecule has 1 N–H and O–H groups in total. The quantitative estimate of drug-likeness (QED) is 0.454. The lowest BCUT2D eigenvalue weighted by atomic mass is 9.97. The molecule has 0 radical (unpaired) electrons. The van der Waals surface area contributed by atoms with Crippen molar-refractivity contribution in [2.45, 2.75) is 43.9 Å². The van der Waals surface area contributed by atoms with E-state index in [-0.39, 0.29) is 6.10 Å². The molecule has 0 saturated carbocycles. The second kappa shape index (κ2) is 10.2. The molecule has 2 saturated heterocycles. The number of para-hydroxylation sites is 1. The number of carboxylic acid groups (broad SMARTS) is 1. The third-order valence-electron chi connectivity index (χ3n) is 7.00. The summed E-state index contributed by atoms with van der Waals surface area (Å²) in [6.45, 7) is 3.42. The number of rotatable bonds is 6. The highest BCUT2D eigenvalue weighted by Gasteiger charge is 2.35. The summed E-state index contributed by atoms with van der Waals surface area (Å²) < 4.78 is 12.0. The minimum absolute atomic E-state index is 0.165. The largest absolute Gasteiger partial charge is 0.490 e. The van der Waals surface area contributed by atoms with Gasteiger partial charge in [0.15, 0.2) is 6.04 Å². The summed E-state index contributed by atoms with van der Waals surface area (Å²) in [4.78, 5) is 16.7. The van der Waals surface area contributed by atoms with Crippen molar-refractivity contribution in [1.82, 2.24) is 9.80 Å². The summed E-state index contributed by atoms with van der Waals surface area (Å²) in [6, 6.07) is 14.6. The lowest BCUT2D eigenvalue weighted by Gasteiger charge is -2.42. The van der Waals surface area contributed by atoms with Crippen molar-refractivity contribution in [2.75, 3.05) is 26.2 Å². The van der Waals surface area contributed by atoms with Gasteiger partial charge in [-0.15, -0.1) is 0 Å². The number of likely N-dealkylation sites (tertiary alicyclic amines) is 2. The van der Waals surface area contributed by atoms with E-state index in [1.165, 1.54) is 0 Å². The number of hydrogen-bond donors (Lipinski definition) is 1. The third kappa shape index (κ3) is 5.05. The average Bonchev–Trinajstić information content (AvgIpc) is 3.26. The molecule has 180 valence electrons. The molecule has 2 fully saturated rings. The van der Waals surface area contributed by atoms with E-state index in [1.807, 2.05) is 41.3 Å². The van der Waals surface area contributed by atoms with Crippen LogP contribution < -0.4 is 4.74 Å². The van der Waals surface area contributed by atoms with Gasteiger partial charge in [-0.1, -0.05) is 41.4 Å². The van der Waals surface area contributed by atoms with E-state index >= 15 is 0 Å². The zero-order valence-electron chi connectivity index (χ0n) is 18.8. The number of hydrogen-bond acceptors (Lipinski definition) is 5. The number of fused-ring (bicyclic) bond motifs is 1. The van der Waals surface area contributed by atoms with Gasteiger partial charge in [-0.2, -0.15) is 0 Å². The van der Waals surface area contributed by atoms with E-state index in [1.54, 1.807) is 12.1 Å². The van der Waals surface area contributed by atoms with Gasteiger partial charge in [-0.05, 0) is 49.9 Å². The Morgan fingerprint density at radius 3 is 2.38 bits per heavy atom. The van der Waals surface area contributed by atoms with Crippen LogP contribution >= 0.6 is 23.2 Å². The van der Waals surface area contributed by atoms with Crippen LogP contribution in [-0.4, -0.2) is 59.2 Å². The van der Waals surface area contributed by atoms with E-state index in [4.69, 9.17) is 32.4 Å². The van der Waals surface area contributed by atoms with Gasteiger partial charge in [0.2, 0.25) is 0 Å². The Hall–Kier alpha value is -2.25. The molecule has 5 rings (SSSR count). The monoisotopic (exact) mass is 502 g/mol. The molecule has 2 aliphatic rings. The van der Waals surface area contributed by atoms with Crippen LogP contribution in [0, 0.1) is 0 Å². The van der Waals surface area contributed by atoms with Gasteiger partial charge in [0.25, 0.3) is 0 Å². The van der Waals surface area contributed by atoms with Crippen molar-refractivity contribution in [3.05, 3.63) is 64.3 Å². The Morgan fingerprint density at radius 1 is 0.971 bits per heavy atom. The normalized spacial score (nSPS) is 19.9. The first-order chi connectivity index (χ1) is 16.5. The topological polar surface area (TPSA) is 66.2 Å². The maximum absolute atomic E-state index is 12.1. The Labute approximate surface area is 209 Å². The fraction of sp³-hybridized carbons (Fsp3) is 0.423. The Balaban J connectivity index is 1.15. The van der Waals surface area contributed by atoms with Crippen molar-refractivity contribution in [2.24, 2.45) is 0 Å². The number of furan rings is 1. The van der Waals surface area contributed by atoms with E-state index in [0.29, 0.717) is 21.8 Å². The molecule has 0 amide bonds. The van der Waals surface area contributed by atoms with Crippen molar-refractivity contribution >= 4 is 40.1 Å². The van der Waals surface area contributed by atoms with Crippen LogP contribution in [0.5, 0.6) is 5.75 Å². The van der Waals surface area contributed by atoms with Gasteiger partial charge in [0.1, 0.15) is 23.2 Å². The number of nitrogens with zero attached hydrogens (tertiary/aromatic N) is 2. The van der Waals surface area contributed by atoms with Gasteiger partial charge in [0.05, 0.1) is 10.0 Å². The second-order valence-electron chi connectivity index (χ2n) is 9.12. The highest BCUT2D eigenvalue weighted by molar-refractivity contribution is 6.42. The molecule has 3 aromatic rings. The van der Waals surface area contributed by atoms with Crippen molar-refractivity contribution in [3.63, 3.8) is 0 Å². The molecule has 0 spiro atoms. The van der Waals surface area contributed by atoms with E-state index in [2.05, 4.69) is 4.90 Å². The van der Waals surface area contributed by atoms with Crippen LogP contribution in [0.1, 0.15) is 37.5 Å². The number of carbonyl (C=O) groups is 1. The number of ether oxygens (including phenoxy) is 1. The molecule has 34 heavy (non-hydrogen) atoms. The predicted octanol–water partition coefficient (Wildman–Crippen LogP) is 5.87. The summed E-state index contributed by atoms with van der Waals surface area (Å²) in [5.74, 6) is 0.400. The molecule has 0 bridgehead atoms. The number of benzene rings is 2. The van der Waals surface area contributed by atoms with Crippen LogP contribution in [0.2, 0.25) is 10.0 Å². The van der Waals surface area contributed by atoms with Gasteiger partial charge >= 0.3 is 5.97 Å². The molecule has 1 atom stereocenters. The van der Waals surface area contributed by atoms with E-state index in [0.717, 1.165) is 68.6 Å². The first-order valence-corrected chi connectivity index (χ1v) is 12.5. The van der Waals surface area contributed by atoms with Crippen LogP contribution in [0.25, 0.3) is 11.0 Å². The Bertz CT molecular complexity index is 1120. The molecule has 1 unspecified atom stereocenters. The molecular weight excluding hydrogens is 475 g/mol. The molecule has 8 heteroatoms. The summed E-state index contributed by atoms with van der Waals surface area (Å²) in [6.07, 6.45) is 3.97. The van der Waals surface area contributed by atoms with Crippen LogP contribution in [0.15, 0.2) is 52.9 Å². The van der Waals surface area contributed by atoms with Gasteiger partial charge in [-0.3, -0.25) is 9.69 Å². The predicted molar refractivity (Wildman–Crippen MR) is 133 cm³/mol. The van der Waals surface area contributed by atoms with Gasteiger partial charge in [0, 0.05) is 43.7 Å². The smallest absolute Gasteiger partial charge is 0.328 e. The molecular formula is C26H28Cl2N2O4. The van der Waals surface area contributed by atoms with Gasteiger partial charge in [-0.25, -0.2) is 0 Å². The minimum atomic E-state index is -0.863. The fourth-order valence-corrected chi connectivity index (χ4v) is 5.49. The number of aliphatic carboxylic acids is 1. The highest BCUT2D eigenvalue weighted by Crippen LogP contribution is 2.32. The van der Waals surface area contributed by atoms with Crippen molar-refractivity contribution in [1.29, 1.82) is 0 Å². The first-order valence-electron chi connectivity index (χ1n) is 11.8. The van der Waals surface area contributed by atoms with Gasteiger partial charge < -0.3 is 19.2 Å². The lowest BCUT2D eigenvalue weighted by molar-refractivity contribution is -0.145. The summed E-state index contributed by atoms with van der Waals surface area (Å²) in [5, 5.41) is 11.9. The number of piperidine rings is 2. The van der Waals surface area contributed by atoms with Crippen LogP contribution in [0.4, 0.5) is 0 Å². The zero-order chi connectivity index (χ0) is 23.7. The fourth-order valence-electron chi connectivity index (χ4n) is 5.21. The van der Waals surface area contributed by atoms with Crippen LogP contribution in [-0.2, 0) is 4.79 Å². The third-order valence-corrected chi connectivity index (χ3v) is 7.74. The van der Waals surface area contributed by atoms with E-state index < -0.39 is 12.0 Å². The first kappa shape index (κ1) is 23.5. The maximum Gasteiger partial charge on any atom is 0.328 e.